The summed E-state index contributed by atoms with van der Waals surface area (Å²) in [6.07, 6.45) is 0. The molecule has 20 heavy (non-hydrogen) atoms. The average Bonchev–Trinajstić information content (AvgIpc) is 2.95. The summed E-state index contributed by atoms with van der Waals surface area (Å²) < 4.78 is 10.5. The van der Waals surface area contributed by atoms with Gasteiger partial charge in [0.15, 0.2) is 5.69 Å². The molecule has 2 aromatic rings. The van der Waals surface area contributed by atoms with E-state index in [-0.39, 0.29) is 5.69 Å². The first-order valence-corrected chi connectivity index (χ1v) is 7.25. The lowest BCUT2D eigenvalue weighted by Crippen LogP contribution is -2.06. The van der Waals surface area contributed by atoms with Crippen molar-refractivity contribution >= 4 is 21.9 Å². The molecule has 6 nitrogen and oxygen atoms in total. The maximum atomic E-state index is 11.8. The van der Waals surface area contributed by atoms with Gasteiger partial charge in [-0.25, -0.2) is 4.79 Å². The Balaban J connectivity index is 2.27. The van der Waals surface area contributed by atoms with Crippen molar-refractivity contribution in [2.75, 3.05) is 18.5 Å². The largest absolute Gasteiger partial charge is 0.493 e. The van der Waals surface area contributed by atoms with Crippen LogP contribution < -0.4 is 4.74 Å². The maximum Gasteiger partial charge on any atom is 0.361 e. The van der Waals surface area contributed by atoms with Crippen molar-refractivity contribution in [1.82, 2.24) is 15.4 Å². The van der Waals surface area contributed by atoms with Gasteiger partial charge in [0, 0.05) is 10.9 Å². The molecule has 0 aliphatic carbocycles. The first kappa shape index (κ1) is 14.5. The van der Waals surface area contributed by atoms with Gasteiger partial charge in [-0.05, 0) is 19.1 Å². The number of carbonyl (C=O) groups is 1. The number of hydrogen-bond acceptors (Lipinski definition) is 5. The Morgan fingerprint density at radius 2 is 2.25 bits per heavy atom. The lowest BCUT2D eigenvalue weighted by Gasteiger charge is -2.06. The minimum Gasteiger partial charge on any atom is -0.493 e. The smallest absolute Gasteiger partial charge is 0.361 e. The van der Waals surface area contributed by atoms with Crippen molar-refractivity contribution in [3.63, 3.8) is 0 Å². The number of carbonyl (C=O) groups excluding carboxylic acids is 1. The summed E-state index contributed by atoms with van der Waals surface area (Å²) >= 11 is 3.30. The van der Waals surface area contributed by atoms with Crippen molar-refractivity contribution < 1.29 is 14.3 Å². The van der Waals surface area contributed by atoms with E-state index >= 15 is 0 Å². The van der Waals surface area contributed by atoms with Crippen LogP contribution in [0.1, 0.15) is 17.4 Å². The zero-order valence-electron chi connectivity index (χ0n) is 10.9. The van der Waals surface area contributed by atoms with Gasteiger partial charge < -0.3 is 9.47 Å². The Kier molecular flexibility index (Phi) is 5.11. The molecule has 0 unspecified atom stereocenters. The monoisotopic (exact) mass is 339 g/mol. The van der Waals surface area contributed by atoms with Gasteiger partial charge in [0.25, 0.3) is 0 Å². The van der Waals surface area contributed by atoms with E-state index in [9.17, 15) is 4.79 Å². The first-order valence-electron chi connectivity index (χ1n) is 6.13. The van der Waals surface area contributed by atoms with Gasteiger partial charge in [-0.2, -0.15) is 10.3 Å². The van der Waals surface area contributed by atoms with Crippen molar-refractivity contribution in [2.24, 2.45) is 0 Å². The lowest BCUT2D eigenvalue weighted by atomic mass is 10.1. The Morgan fingerprint density at radius 1 is 1.40 bits per heavy atom. The van der Waals surface area contributed by atoms with E-state index in [0.717, 1.165) is 10.9 Å². The quantitative estimate of drug-likeness (QED) is 0.646. The minimum absolute atomic E-state index is 0.171. The van der Waals surface area contributed by atoms with Crippen molar-refractivity contribution in [1.29, 1.82) is 0 Å². The maximum absolute atomic E-state index is 11.8. The highest BCUT2D eigenvalue weighted by molar-refractivity contribution is 9.09. The third kappa shape index (κ3) is 3.36. The van der Waals surface area contributed by atoms with Crippen LogP contribution in [0.5, 0.6) is 5.75 Å². The number of aromatic nitrogens is 3. The first-order chi connectivity index (χ1) is 9.76. The molecule has 0 aliphatic rings. The third-order valence-corrected chi connectivity index (χ3v) is 2.79. The van der Waals surface area contributed by atoms with Crippen LogP contribution >= 0.6 is 15.9 Å². The third-order valence-electron chi connectivity index (χ3n) is 2.47. The van der Waals surface area contributed by atoms with Crippen molar-refractivity contribution in [2.45, 2.75) is 6.92 Å². The predicted octanol–water partition coefficient (Wildman–Crippen LogP) is 2.42. The number of esters is 1. The summed E-state index contributed by atoms with van der Waals surface area (Å²) in [4.78, 5) is 11.8. The van der Waals surface area contributed by atoms with Crippen LogP contribution in [-0.4, -0.2) is 39.9 Å². The second-order valence-corrected chi connectivity index (χ2v) is 4.60. The van der Waals surface area contributed by atoms with Crippen LogP contribution in [0.2, 0.25) is 0 Å². The SMILES string of the molecule is CCOC(=O)c1n[nH]nc1-c1cccc(OCCBr)c1. The van der Waals surface area contributed by atoms with Crippen molar-refractivity contribution in [3.05, 3.63) is 30.0 Å². The number of nitrogens with zero attached hydrogens (tertiary/aromatic N) is 2. The van der Waals surface area contributed by atoms with E-state index in [1.165, 1.54) is 0 Å². The van der Waals surface area contributed by atoms with Crippen LogP contribution in [0.15, 0.2) is 24.3 Å². The molecule has 0 radical (unpaired) electrons. The molecule has 0 amide bonds. The van der Waals surface area contributed by atoms with E-state index in [0.29, 0.717) is 24.7 Å². The molecule has 2 rings (SSSR count). The summed E-state index contributed by atoms with van der Waals surface area (Å²) in [5, 5.41) is 11.0. The summed E-state index contributed by atoms with van der Waals surface area (Å²) in [7, 11) is 0. The van der Waals surface area contributed by atoms with Crippen LogP contribution in [0, 0.1) is 0 Å². The zero-order chi connectivity index (χ0) is 14.4. The highest BCUT2D eigenvalue weighted by Crippen LogP contribution is 2.24. The Morgan fingerprint density at radius 3 is 3.00 bits per heavy atom. The fourth-order valence-corrected chi connectivity index (χ4v) is 1.83. The Hall–Kier alpha value is -1.89. The molecule has 0 aliphatic heterocycles. The molecule has 1 heterocycles. The van der Waals surface area contributed by atoms with Gasteiger partial charge in [-0.1, -0.05) is 28.1 Å². The molecule has 1 aromatic carbocycles. The number of rotatable bonds is 6. The number of H-pyrrole nitrogens is 1. The van der Waals surface area contributed by atoms with E-state index < -0.39 is 5.97 Å². The average molecular weight is 340 g/mol. The van der Waals surface area contributed by atoms with Crippen LogP contribution in [-0.2, 0) is 4.74 Å². The molecular formula is C13H14BrN3O3. The molecule has 0 atom stereocenters. The summed E-state index contributed by atoms with van der Waals surface area (Å²) in [5.74, 6) is 0.211. The number of alkyl halides is 1. The zero-order valence-corrected chi connectivity index (χ0v) is 12.5. The Bertz CT molecular complexity index is 586. The highest BCUT2D eigenvalue weighted by atomic mass is 79.9. The molecule has 0 saturated heterocycles. The highest BCUT2D eigenvalue weighted by Gasteiger charge is 2.19. The summed E-state index contributed by atoms with van der Waals surface area (Å²) in [6.45, 7) is 2.60. The van der Waals surface area contributed by atoms with E-state index in [1.54, 1.807) is 6.92 Å². The van der Waals surface area contributed by atoms with Gasteiger partial charge in [-0.15, -0.1) is 5.10 Å². The number of benzene rings is 1. The van der Waals surface area contributed by atoms with Gasteiger partial charge in [0.2, 0.25) is 0 Å². The topological polar surface area (TPSA) is 77.1 Å². The molecular weight excluding hydrogens is 326 g/mol. The second-order valence-electron chi connectivity index (χ2n) is 3.81. The normalized spacial score (nSPS) is 10.3. The van der Waals surface area contributed by atoms with E-state index in [1.807, 2.05) is 24.3 Å². The van der Waals surface area contributed by atoms with Crippen LogP contribution in [0.25, 0.3) is 11.3 Å². The minimum atomic E-state index is -0.497. The number of hydrogen-bond donors (Lipinski definition) is 1. The molecule has 0 spiro atoms. The second kappa shape index (κ2) is 7.04. The number of aromatic amines is 1. The molecule has 0 bridgehead atoms. The molecule has 1 N–H and O–H groups in total. The summed E-state index contributed by atoms with van der Waals surface area (Å²) in [5.41, 5.74) is 1.37. The molecule has 1 aromatic heterocycles. The fourth-order valence-electron chi connectivity index (χ4n) is 1.66. The van der Waals surface area contributed by atoms with Gasteiger partial charge in [0.05, 0.1) is 13.2 Å². The van der Waals surface area contributed by atoms with Gasteiger partial charge in [0.1, 0.15) is 11.4 Å². The molecule has 0 saturated carbocycles. The number of nitrogens with one attached hydrogen (secondary N) is 1. The van der Waals surface area contributed by atoms with Crippen LogP contribution in [0.3, 0.4) is 0 Å². The molecule has 0 fully saturated rings. The Labute approximate surface area is 124 Å². The lowest BCUT2D eigenvalue weighted by molar-refractivity contribution is 0.0520. The van der Waals surface area contributed by atoms with E-state index in [2.05, 4.69) is 31.3 Å². The van der Waals surface area contributed by atoms with Gasteiger partial charge >= 0.3 is 5.97 Å². The molecule has 7 heteroatoms. The molecule has 106 valence electrons. The number of halogens is 1. The summed E-state index contributed by atoms with van der Waals surface area (Å²) in [6, 6.07) is 7.32. The number of ether oxygens (including phenoxy) is 2. The van der Waals surface area contributed by atoms with Crippen molar-refractivity contribution in [3.8, 4) is 17.0 Å². The fraction of sp³-hybridized carbons (Fsp3) is 0.308. The predicted molar refractivity (Wildman–Crippen MR) is 77.1 cm³/mol. The van der Waals surface area contributed by atoms with Crippen LogP contribution in [0.4, 0.5) is 0 Å². The van der Waals surface area contributed by atoms with E-state index in [4.69, 9.17) is 9.47 Å². The van der Waals surface area contributed by atoms with Gasteiger partial charge in [-0.3, -0.25) is 0 Å². The standard InChI is InChI=1S/C13H14BrN3O3/c1-2-19-13(18)12-11(15-17-16-12)9-4-3-5-10(8-9)20-7-6-14/h3-5,8H,2,6-7H2,1H3,(H,15,16,17).